The van der Waals surface area contributed by atoms with E-state index in [0.717, 1.165) is 32.5 Å². The fraction of sp³-hybridized carbons (Fsp3) is 0.909. The number of aliphatic carboxylic acids is 1. The summed E-state index contributed by atoms with van der Waals surface area (Å²) in [5.41, 5.74) is 0. The Kier molecular flexibility index (Phi) is 5.05. The number of methoxy groups -OCH3 is 1. The number of nitrogens with zero attached hydrogens (tertiary/aromatic N) is 1. The number of carboxylic acid groups (broad SMARTS) is 1. The Morgan fingerprint density at radius 1 is 1.67 bits per heavy atom. The number of carbonyl (C=O) groups is 1. The highest BCUT2D eigenvalue weighted by molar-refractivity contribution is 5.66. The number of carboxylic acids is 1. The fourth-order valence-corrected chi connectivity index (χ4v) is 2.08. The molecule has 0 saturated carbocycles. The van der Waals surface area contributed by atoms with Gasteiger partial charge in [-0.3, -0.25) is 4.79 Å². The van der Waals surface area contributed by atoms with E-state index in [2.05, 4.69) is 11.8 Å². The van der Waals surface area contributed by atoms with E-state index in [-0.39, 0.29) is 6.10 Å². The number of hydrogen-bond donors (Lipinski definition) is 1. The zero-order valence-electron chi connectivity index (χ0n) is 9.61. The van der Waals surface area contributed by atoms with Crippen molar-refractivity contribution >= 4 is 5.97 Å². The first kappa shape index (κ1) is 12.5. The molecule has 1 aliphatic rings. The van der Waals surface area contributed by atoms with Crippen LogP contribution in [0.3, 0.4) is 0 Å². The minimum Gasteiger partial charge on any atom is -0.481 e. The lowest BCUT2D eigenvalue weighted by atomic mass is 10.0. The Balaban J connectivity index is 2.17. The van der Waals surface area contributed by atoms with Crippen molar-refractivity contribution in [3.63, 3.8) is 0 Å². The quantitative estimate of drug-likeness (QED) is 0.723. The normalized spacial score (nSPS) is 24.3. The monoisotopic (exact) mass is 215 g/mol. The van der Waals surface area contributed by atoms with Crippen LogP contribution in [0, 0.1) is 5.92 Å². The second kappa shape index (κ2) is 6.08. The summed E-state index contributed by atoms with van der Waals surface area (Å²) in [5.74, 6) is -0.121. The topological polar surface area (TPSA) is 49.8 Å². The maximum absolute atomic E-state index is 10.4. The van der Waals surface area contributed by atoms with Crippen LogP contribution in [-0.4, -0.2) is 48.8 Å². The number of ether oxygens (including phenoxy) is 1. The van der Waals surface area contributed by atoms with Crippen molar-refractivity contribution in [1.82, 2.24) is 4.90 Å². The number of hydrogen-bond acceptors (Lipinski definition) is 3. The first-order chi connectivity index (χ1) is 7.11. The van der Waals surface area contributed by atoms with Crippen molar-refractivity contribution in [1.29, 1.82) is 0 Å². The lowest BCUT2D eigenvalue weighted by Gasteiger charge is -2.19. The SMILES string of the molecule is COC(C)CN1CCC(CCC(=O)O)C1. The van der Waals surface area contributed by atoms with Gasteiger partial charge >= 0.3 is 5.97 Å². The highest BCUT2D eigenvalue weighted by atomic mass is 16.5. The van der Waals surface area contributed by atoms with E-state index >= 15 is 0 Å². The van der Waals surface area contributed by atoms with Crippen LogP contribution < -0.4 is 0 Å². The van der Waals surface area contributed by atoms with E-state index in [9.17, 15) is 4.79 Å². The zero-order chi connectivity index (χ0) is 11.3. The molecule has 0 radical (unpaired) electrons. The van der Waals surface area contributed by atoms with Gasteiger partial charge in [0.05, 0.1) is 6.10 Å². The third-order valence-electron chi connectivity index (χ3n) is 3.05. The smallest absolute Gasteiger partial charge is 0.303 e. The van der Waals surface area contributed by atoms with E-state index in [0.29, 0.717) is 12.3 Å². The fourth-order valence-electron chi connectivity index (χ4n) is 2.08. The van der Waals surface area contributed by atoms with Gasteiger partial charge in [0.25, 0.3) is 0 Å². The van der Waals surface area contributed by atoms with Gasteiger partial charge in [-0.1, -0.05) is 0 Å². The molecule has 4 heteroatoms. The Morgan fingerprint density at radius 2 is 2.40 bits per heavy atom. The Bertz CT molecular complexity index is 208. The molecule has 0 amide bonds. The highest BCUT2D eigenvalue weighted by Crippen LogP contribution is 2.21. The molecule has 0 spiro atoms. The van der Waals surface area contributed by atoms with Gasteiger partial charge in [-0.15, -0.1) is 0 Å². The van der Waals surface area contributed by atoms with Gasteiger partial charge < -0.3 is 14.7 Å². The van der Waals surface area contributed by atoms with E-state index < -0.39 is 5.97 Å². The molecule has 1 rings (SSSR count). The minimum atomic E-state index is -0.682. The summed E-state index contributed by atoms with van der Waals surface area (Å²) in [6, 6.07) is 0. The van der Waals surface area contributed by atoms with Crippen molar-refractivity contribution in [2.75, 3.05) is 26.7 Å². The predicted molar refractivity (Wildman–Crippen MR) is 57.9 cm³/mol. The van der Waals surface area contributed by atoms with E-state index in [4.69, 9.17) is 9.84 Å². The Hall–Kier alpha value is -0.610. The average Bonchev–Trinajstić information content (AvgIpc) is 2.62. The maximum Gasteiger partial charge on any atom is 0.303 e. The second-order valence-corrected chi connectivity index (χ2v) is 4.39. The molecular formula is C11H21NO3. The van der Waals surface area contributed by atoms with Crippen LogP contribution in [0.4, 0.5) is 0 Å². The van der Waals surface area contributed by atoms with Crippen molar-refractivity contribution in [2.45, 2.75) is 32.3 Å². The molecular weight excluding hydrogens is 194 g/mol. The summed E-state index contributed by atoms with van der Waals surface area (Å²) in [4.78, 5) is 12.8. The summed E-state index contributed by atoms with van der Waals surface area (Å²) in [6.07, 6.45) is 2.51. The first-order valence-electron chi connectivity index (χ1n) is 5.58. The van der Waals surface area contributed by atoms with Crippen molar-refractivity contribution in [3.05, 3.63) is 0 Å². The van der Waals surface area contributed by atoms with Gasteiger partial charge in [-0.05, 0) is 32.2 Å². The predicted octanol–water partition coefficient (Wildman–Crippen LogP) is 1.21. The summed E-state index contributed by atoms with van der Waals surface area (Å²) in [7, 11) is 1.72. The lowest BCUT2D eigenvalue weighted by molar-refractivity contribution is -0.137. The van der Waals surface area contributed by atoms with E-state index in [1.165, 1.54) is 0 Å². The molecule has 1 aliphatic heterocycles. The molecule has 2 unspecified atom stereocenters. The van der Waals surface area contributed by atoms with Crippen LogP contribution in [0.25, 0.3) is 0 Å². The number of likely N-dealkylation sites (tertiary alicyclic amines) is 1. The maximum atomic E-state index is 10.4. The van der Waals surface area contributed by atoms with Gasteiger partial charge in [0.15, 0.2) is 0 Å². The molecule has 2 atom stereocenters. The molecule has 1 heterocycles. The van der Waals surface area contributed by atoms with Crippen LogP contribution in [0.5, 0.6) is 0 Å². The molecule has 0 aromatic carbocycles. The van der Waals surface area contributed by atoms with Crippen LogP contribution in [0.1, 0.15) is 26.2 Å². The zero-order valence-corrected chi connectivity index (χ0v) is 9.61. The Labute approximate surface area is 91.2 Å². The molecule has 0 aliphatic carbocycles. The third kappa shape index (κ3) is 4.62. The molecule has 0 aromatic rings. The molecule has 4 nitrogen and oxygen atoms in total. The van der Waals surface area contributed by atoms with Crippen LogP contribution in [0.2, 0.25) is 0 Å². The first-order valence-corrected chi connectivity index (χ1v) is 5.58. The van der Waals surface area contributed by atoms with Gasteiger partial charge in [0.2, 0.25) is 0 Å². The molecule has 88 valence electrons. The van der Waals surface area contributed by atoms with Crippen LogP contribution in [0.15, 0.2) is 0 Å². The van der Waals surface area contributed by atoms with Gasteiger partial charge in [0.1, 0.15) is 0 Å². The van der Waals surface area contributed by atoms with Crippen molar-refractivity contribution in [3.8, 4) is 0 Å². The lowest BCUT2D eigenvalue weighted by Crippen LogP contribution is -2.30. The number of rotatable bonds is 6. The molecule has 1 N–H and O–H groups in total. The van der Waals surface area contributed by atoms with E-state index in [1.807, 2.05) is 0 Å². The van der Waals surface area contributed by atoms with E-state index in [1.54, 1.807) is 7.11 Å². The van der Waals surface area contributed by atoms with Crippen molar-refractivity contribution in [2.24, 2.45) is 5.92 Å². The highest BCUT2D eigenvalue weighted by Gasteiger charge is 2.23. The standard InChI is InChI=1S/C11H21NO3/c1-9(15-2)7-12-6-5-10(8-12)3-4-11(13)14/h9-10H,3-8H2,1-2H3,(H,13,14). The molecule has 0 bridgehead atoms. The summed E-state index contributed by atoms with van der Waals surface area (Å²) >= 11 is 0. The van der Waals surface area contributed by atoms with Gasteiger partial charge in [-0.25, -0.2) is 0 Å². The molecule has 0 aromatic heterocycles. The average molecular weight is 215 g/mol. The second-order valence-electron chi connectivity index (χ2n) is 4.39. The van der Waals surface area contributed by atoms with Gasteiger partial charge in [0, 0.05) is 26.6 Å². The molecule has 15 heavy (non-hydrogen) atoms. The minimum absolute atomic E-state index is 0.267. The Morgan fingerprint density at radius 3 is 3.00 bits per heavy atom. The van der Waals surface area contributed by atoms with Crippen LogP contribution in [-0.2, 0) is 9.53 Å². The largest absolute Gasteiger partial charge is 0.481 e. The van der Waals surface area contributed by atoms with Crippen LogP contribution >= 0.6 is 0 Å². The van der Waals surface area contributed by atoms with Crippen molar-refractivity contribution < 1.29 is 14.6 Å². The summed E-state index contributed by atoms with van der Waals surface area (Å²) in [6.45, 7) is 5.13. The summed E-state index contributed by atoms with van der Waals surface area (Å²) in [5, 5.41) is 8.59. The molecule has 1 saturated heterocycles. The molecule has 1 fully saturated rings. The van der Waals surface area contributed by atoms with Gasteiger partial charge in [-0.2, -0.15) is 0 Å². The third-order valence-corrected chi connectivity index (χ3v) is 3.05. The summed E-state index contributed by atoms with van der Waals surface area (Å²) < 4.78 is 5.21.